The molecule has 0 spiro atoms. The fourth-order valence-electron chi connectivity index (χ4n) is 3.95. The summed E-state index contributed by atoms with van der Waals surface area (Å²) in [6.07, 6.45) is 1.55. The van der Waals surface area contributed by atoms with Gasteiger partial charge < -0.3 is 9.64 Å². The Morgan fingerprint density at radius 3 is 2.61 bits per heavy atom. The lowest BCUT2D eigenvalue weighted by Gasteiger charge is -2.35. The Morgan fingerprint density at radius 2 is 1.94 bits per heavy atom. The number of amides is 1. The maximum absolute atomic E-state index is 13.6. The van der Waals surface area contributed by atoms with Gasteiger partial charge in [-0.2, -0.15) is 0 Å². The van der Waals surface area contributed by atoms with E-state index in [0.29, 0.717) is 12.1 Å². The Hall–Kier alpha value is -3.10. The number of ether oxygens (including phenoxy) is 1. The molecular weight excluding hydrogens is 392 g/mol. The maximum Gasteiger partial charge on any atom is 0.254 e. The van der Waals surface area contributed by atoms with Crippen LogP contribution < -0.4 is 0 Å². The van der Waals surface area contributed by atoms with Gasteiger partial charge in [0.2, 0.25) is 0 Å². The molecule has 1 amide bonds. The molecule has 0 bridgehead atoms. The van der Waals surface area contributed by atoms with E-state index in [9.17, 15) is 4.79 Å². The number of nitrogens with zero attached hydrogens (tertiary/aromatic N) is 6. The van der Waals surface area contributed by atoms with Crippen molar-refractivity contribution in [2.45, 2.75) is 26.4 Å². The van der Waals surface area contributed by atoms with Crippen molar-refractivity contribution in [2.75, 3.05) is 32.8 Å². The highest BCUT2D eigenvalue weighted by molar-refractivity contribution is 5.95. The van der Waals surface area contributed by atoms with Gasteiger partial charge in [-0.3, -0.25) is 9.69 Å². The molecule has 1 saturated heterocycles. The van der Waals surface area contributed by atoms with E-state index in [1.165, 1.54) is 0 Å². The quantitative estimate of drug-likeness (QED) is 0.584. The molecule has 4 rings (SSSR count). The molecule has 1 aliphatic rings. The topological polar surface area (TPSA) is 76.4 Å². The number of morpholine rings is 1. The molecule has 0 radical (unpaired) electrons. The van der Waals surface area contributed by atoms with Gasteiger partial charge in [0, 0.05) is 37.8 Å². The number of tetrazole rings is 1. The summed E-state index contributed by atoms with van der Waals surface area (Å²) in [6.45, 7) is 8.77. The van der Waals surface area contributed by atoms with E-state index in [-0.39, 0.29) is 11.9 Å². The van der Waals surface area contributed by atoms with Crippen LogP contribution in [0.4, 0.5) is 0 Å². The summed E-state index contributed by atoms with van der Waals surface area (Å²) >= 11 is 0. The van der Waals surface area contributed by atoms with E-state index in [0.717, 1.165) is 49.7 Å². The molecule has 1 aromatic heterocycles. The lowest BCUT2D eigenvalue weighted by atomic mass is 10.1. The van der Waals surface area contributed by atoms with Crippen LogP contribution in [0.1, 0.15) is 28.4 Å². The second-order valence-corrected chi connectivity index (χ2v) is 7.94. The van der Waals surface area contributed by atoms with Crippen LogP contribution in [-0.2, 0) is 11.3 Å². The standard InChI is InChI=1S/C23H28N6O2/c1-18-14-21(8-9-22(18)29-17-24-25-26-29)23(30)28(16-20-6-4-3-5-7-20)19(2)15-27-10-12-31-13-11-27/h3-9,14,17,19H,10-13,15-16H2,1-2H3. The van der Waals surface area contributed by atoms with Crippen LogP contribution in [0.25, 0.3) is 5.69 Å². The summed E-state index contributed by atoms with van der Waals surface area (Å²) < 4.78 is 7.07. The fourth-order valence-corrected chi connectivity index (χ4v) is 3.95. The Balaban J connectivity index is 1.57. The third kappa shape index (κ3) is 5.15. The minimum absolute atomic E-state index is 0.0241. The van der Waals surface area contributed by atoms with Crippen LogP contribution in [0.5, 0.6) is 0 Å². The SMILES string of the molecule is Cc1cc(C(=O)N(Cc2ccccc2)C(C)CN2CCOCC2)ccc1-n1cnnn1. The number of hydrogen-bond donors (Lipinski definition) is 0. The number of carbonyl (C=O) groups is 1. The number of benzene rings is 2. The van der Waals surface area contributed by atoms with Crippen LogP contribution in [-0.4, -0.2) is 74.8 Å². The Labute approximate surface area is 182 Å². The van der Waals surface area contributed by atoms with Gasteiger partial charge in [0.15, 0.2) is 0 Å². The summed E-state index contributed by atoms with van der Waals surface area (Å²) in [6, 6.07) is 15.9. The highest BCUT2D eigenvalue weighted by Crippen LogP contribution is 2.19. The largest absolute Gasteiger partial charge is 0.379 e. The van der Waals surface area contributed by atoms with E-state index < -0.39 is 0 Å². The van der Waals surface area contributed by atoms with E-state index in [2.05, 4.69) is 39.5 Å². The highest BCUT2D eigenvalue weighted by atomic mass is 16.5. The van der Waals surface area contributed by atoms with E-state index >= 15 is 0 Å². The van der Waals surface area contributed by atoms with Crippen LogP contribution in [0.2, 0.25) is 0 Å². The van der Waals surface area contributed by atoms with Crippen molar-refractivity contribution in [3.63, 3.8) is 0 Å². The first-order valence-corrected chi connectivity index (χ1v) is 10.6. The van der Waals surface area contributed by atoms with Gasteiger partial charge in [-0.05, 0) is 53.6 Å². The number of hydrogen-bond acceptors (Lipinski definition) is 6. The molecule has 2 aromatic carbocycles. The maximum atomic E-state index is 13.6. The van der Waals surface area contributed by atoms with Crippen LogP contribution in [0.15, 0.2) is 54.9 Å². The number of aromatic nitrogens is 4. The van der Waals surface area contributed by atoms with Crippen molar-refractivity contribution in [2.24, 2.45) is 0 Å². The highest BCUT2D eigenvalue weighted by Gasteiger charge is 2.25. The Morgan fingerprint density at radius 1 is 1.16 bits per heavy atom. The first-order valence-electron chi connectivity index (χ1n) is 10.6. The smallest absolute Gasteiger partial charge is 0.254 e. The predicted octanol–water partition coefficient (Wildman–Crippen LogP) is 2.33. The molecule has 0 aliphatic carbocycles. The van der Waals surface area contributed by atoms with Gasteiger partial charge >= 0.3 is 0 Å². The summed E-state index contributed by atoms with van der Waals surface area (Å²) in [5.41, 5.74) is 3.59. The van der Waals surface area contributed by atoms with Crippen molar-refractivity contribution < 1.29 is 9.53 Å². The Bertz CT molecular complexity index is 987. The molecule has 1 aliphatic heterocycles. The molecule has 31 heavy (non-hydrogen) atoms. The van der Waals surface area contributed by atoms with Gasteiger partial charge in [0.05, 0.1) is 18.9 Å². The molecule has 1 unspecified atom stereocenters. The monoisotopic (exact) mass is 420 g/mol. The zero-order valence-electron chi connectivity index (χ0n) is 18.0. The molecule has 1 fully saturated rings. The number of carbonyl (C=O) groups excluding carboxylic acids is 1. The number of aryl methyl sites for hydroxylation is 1. The van der Waals surface area contributed by atoms with Crippen molar-refractivity contribution in [3.8, 4) is 5.69 Å². The second kappa shape index (κ2) is 9.80. The van der Waals surface area contributed by atoms with Gasteiger partial charge in [-0.25, -0.2) is 4.68 Å². The van der Waals surface area contributed by atoms with Crippen molar-refractivity contribution in [1.29, 1.82) is 0 Å². The van der Waals surface area contributed by atoms with Gasteiger partial charge in [-0.1, -0.05) is 30.3 Å². The van der Waals surface area contributed by atoms with Crippen molar-refractivity contribution in [3.05, 3.63) is 71.5 Å². The average molecular weight is 421 g/mol. The summed E-state index contributed by atoms with van der Waals surface area (Å²) in [4.78, 5) is 18.0. The molecule has 1 atom stereocenters. The normalized spacial score (nSPS) is 15.5. The van der Waals surface area contributed by atoms with E-state index in [1.54, 1.807) is 11.0 Å². The molecule has 162 valence electrons. The fraction of sp³-hybridized carbons (Fsp3) is 0.391. The predicted molar refractivity (Wildman–Crippen MR) is 117 cm³/mol. The Kier molecular flexibility index (Phi) is 6.69. The van der Waals surface area contributed by atoms with Crippen molar-refractivity contribution >= 4 is 5.91 Å². The summed E-state index contributed by atoms with van der Waals surface area (Å²) in [5, 5.41) is 11.3. The van der Waals surface area contributed by atoms with Gasteiger partial charge in [-0.15, -0.1) is 5.10 Å². The summed E-state index contributed by atoms with van der Waals surface area (Å²) in [5.74, 6) is 0.0241. The molecule has 3 aromatic rings. The number of rotatable bonds is 7. The first kappa shape index (κ1) is 21.1. The third-order valence-electron chi connectivity index (χ3n) is 5.65. The molecule has 2 heterocycles. The molecular formula is C23H28N6O2. The summed E-state index contributed by atoms with van der Waals surface area (Å²) in [7, 11) is 0. The minimum Gasteiger partial charge on any atom is -0.379 e. The zero-order chi connectivity index (χ0) is 21.6. The van der Waals surface area contributed by atoms with E-state index in [4.69, 9.17) is 4.74 Å². The second-order valence-electron chi connectivity index (χ2n) is 7.94. The van der Waals surface area contributed by atoms with Gasteiger partial charge in [0.25, 0.3) is 5.91 Å². The van der Waals surface area contributed by atoms with Crippen LogP contribution in [0, 0.1) is 6.92 Å². The third-order valence-corrected chi connectivity index (χ3v) is 5.65. The van der Waals surface area contributed by atoms with E-state index in [1.807, 2.05) is 48.2 Å². The van der Waals surface area contributed by atoms with Gasteiger partial charge in [0.1, 0.15) is 6.33 Å². The molecule has 0 N–H and O–H groups in total. The van der Waals surface area contributed by atoms with Crippen LogP contribution >= 0.6 is 0 Å². The zero-order valence-corrected chi connectivity index (χ0v) is 18.0. The average Bonchev–Trinajstić information content (AvgIpc) is 3.33. The lowest BCUT2D eigenvalue weighted by molar-refractivity contribution is 0.0228. The minimum atomic E-state index is 0.0241. The lowest BCUT2D eigenvalue weighted by Crippen LogP contribution is -2.48. The van der Waals surface area contributed by atoms with Crippen molar-refractivity contribution in [1.82, 2.24) is 30.0 Å². The first-order chi connectivity index (χ1) is 15.1. The molecule has 0 saturated carbocycles. The van der Waals surface area contributed by atoms with Crippen LogP contribution in [0.3, 0.4) is 0 Å². The molecule has 8 heteroatoms. The molecule has 8 nitrogen and oxygen atoms in total.